The molecule has 0 atom stereocenters. The molecule has 0 spiro atoms. The van der Waals surface area contributed by atoms with Crippen LogP contribution in [0.15, 0.2) is 59.9 Å². The average Bonchev–Trinajstić information content (AvgIpc) is 2.96. The molecular formula is C17H17ClN4. The second kappa shape index (κ2) is 6.62. The highest BCUT2D eigenvalue weighted by molar-refractivity contribution is 6.28. The maximum absolute atomic E-state index is 5.66. The summed E-state index contributed by atoms with van der Waals surface area (Å²) in [6.45, 7) is 0.896. The van der Waals surface area contributed by atoms with E-state index in [0.29, 0.717) is 5.84 Å². The Kier molecular flexibility index (Phi) is 4.39. The van der Waals surface area contributed by atoms with Crippen LogP contribution in [0, 0.1) is 0 Å². The van der Waals surface area contributed by atoms with Gasteiger partial charge in [-0.1, -0.05) is 30.3 Å². The maximum Gasteiger partial charge on any atom is 0.115 e. The first-order valence-corrected chi connectivity index (χ1v) is 7.67. The predicted molar refractivity (Wildman–Crippen MR) is 91.9 cm³/mol. The van der Waals surface area contributed by atoms with Gasteiger partial charge in [-0.25, -0.2) is 9.98 Å². The highest BCUT2D eigenvalue weighted by Crippen LogP contribution is 2.20. The van der Waals surface area contributed by atoms with Crippen molar-refractivity contribution < 1.29 is 0 Å². The fourth-order valence-corrected chi connectivity index (χ4v) is 2.45. The molecule has 0 bridgehead atoms. The number of benzene rings is 2. The minimum absolute atomic E-state index is 0.226. The minimum atomic E-state index is 0.226. The molecule has 0 saturated heterocycles. The van der Waals surface area contributed by atoms with E-state index in [4.69, 9.17) is 17.3 Å². The van der Waals surface area contributed by atoms with E-state index in [9.17, 15) is 0 Å². The number of nitrogens with two attached hydrogens (primary N) is 1. The summed E-state index contributed by atoms with van der Waals surface area (Å²) in [7, 11) is 0. The van der Waals surface area contributed by atoms with Crippen molar-refractivity contribution in [2.75, 3.05) is 5.88 Å². The highest BCUT2D eigenvalue weighted by Gasteiger charge is 2.04. The molecule has 0 aliphatic rings. The zero-order valence-corrected chi connectivity index (χ0v) is 12.9. The highest BCUT2D eigenvalue weighted by atomic mass is 35.5. The number of imidazole rings is 1. The molecule has 2 N–H and O–H groups in total. The van der Waals surface area contributed by atoms with Crippen molar-refractivity contribution >= 4 is 34.2 Å². The van der Waals surface area contributed by atoms with Crippen LogP contribution >= 0.6 is 11.6 Å². The van der Waals surface area contributed by atoms with E-state index in [1.54, 1.807) is 0 Å². The van der Waals surface area contributed by atoms with Gasteiger partial charge in [0.15, 0.2) is 0 Å². The summed E-state index contributed by atoms with van der Waals surface area (Å²) in [5, 5.41) is 0. The molecular weight excluding hydrogens is 296 g/mol. The normalized spacial score (nSPS) is 12.0. The number of rotatable bonds is 5. The molecule has 1 heterocycles. The molecule has 3 aromatic rings. The largest absolute Gasteiger partial charge is 0.386 e. The Hall–Kier alpha value is -2.33. The maximum atomic E-state index is 5.66. The Balaban J connectivity index is 1.80. The third kappa shape index (κ3) is 3.28. The molecule has 0 unspecified atom stereocenters. The molecule has 4 nitrogen and oxygen atoms in total. The van der Waals surface area contributed by atoms with Crippen molar-refractivity contribution in [2.45, 2.75) is 13.0 Å². The second-order valence-corrected chi connectivity index (χ2v) is 5.35. The molecule has 0 saturated carbocycles. The number of aryl methyl sites for hydroxylation is 2. The third-order valence-corrected chi connectivity index (χ3v) is 3.77. The molecule has 0 aliphatic heterocycles. The van der Waals surface area contributed by atoms with Gasteiger partial charge in [-0.3, -0.25) is 0 Å². The summed E-state index contributed by atoms with van der Waals surface area (Å²) >= 11 is 5.65. The van der Waals surface area contributed by atoms with Crippen molar-refractivity contribution in [3.8, 4) is 0 Å². The molecule has 2 aromatic carbocycles. The first kappa shape index (κ1) is 14.6. The minimum Gasteiger partial charge on any atom is -0.386 e. The number of hydrogen-bond acceptors (Lipinski definition) is 2. The first-order valence-electron chi connectivity index (χ1n) is 7.14. The van der Waals surface area contributed by atoms with Crippen molar-refractivity contribution in [1.29, 1.82) is 0 Å². The van der Waals surface area contributed by atoms with E-state index < -0.39 is 0 Å². The molecule has 5 heteroatoms. The van der Waals surface area contributed by atoms with Crippen LogP contribution in [0.25, 0.3) is 11.0 Å². The summed E-state index contributed by atoms with van der Waals surface area (Å²) in [5.41, 5.74) is 9.77. The van der Waals surface area contributed by atoms with Crippen LogP contribution in [0.3, 0.4) is 0 Å². The Bertz CT molecular complexity index is 793. The van der Waals surface area contributed by atoms with Crippen molar-refractivity contribution in [2.24, 2.45) is 10.7 Å². The van der Waals surface area contributed by atoms with Crippen LogP contribution in [-0.4, -0.2) is 21.3 Å². The Labute approximate surface area is 134 Å². The fourth-order valence-electron chi connectivity index (χ4n) is 2.39. The van der Waals surface area contributed by atoms with Gasteiger partial charge in [-0.15, -0.1) is 11.6 Å². The topological polar surface area (TPSA) is 56.2 Å². The number of fused-ring (bicyclic) bond motifs is 1. The molecule has 0 fully saturated rings. The van der Waals surface area contributed by atoms with E-state index in [2.05, 4.69) is 38.8 Å². The van der Waals surface area contributed by atoms with Gasteiger partial charge in [0.25, 0.3) is 0 Å². The van der Waals surface area contributed by atoms with Gasteiger partial charge in [0.2, 0.25) is 0 Å². The zero-order chi connectivity index (χ0) is 15.4. The third-order valence-electron chi connectivity index (χ3n) is 3.50. The van der Waals surface area contributed by atoms with E-state index in [1.807, 2.05) is 30.6 Å². The fraction of sp³-hybridized carbons (Fsp3) is 0.176. The van der Waals surface area contributed by atoms with Crippen molar-refractivity contribution in [3.63, 3.8) is 0 Å². The van der Waals surface area contributed by atoms with Crippen LogP contribution in [0.4, 0.5) is 5.69 Å². The smallest absolute Gasteiger partial charge is 0.115 e. The lowest BCUT2D eigenvalue weighted by Crippen LogP contribution is -2.12. The molecule has 22 heavy (non-hydrogen) atoms. The van der Waals surface area contributed by atoms with E-state index in [0.717, 1.165) is 29.7 Å². The summed E-state index contributed by atoms with van der Waals surface area (Å²) in [6.07, 6.45) is 2.84. The van der Waals surface area contributed by atoms with Crippen molar-refractivity contribution in [1.82, 2.24) is 9.55 Å². The van der Waals surface area contributed by atoms with Gasteiger partial charge >= 0.3 is 0 Å². The van der Waals surface area contributed by atoms with Gasteiger partial charge < -0.3 is 10.3 Å². The predicted octanol–water partition coefficient (Wildman–Crippen LogP) is 3.51. The lowest BCUT2D eigenvalue weighted by molar-refractivity contribution is 0.716. The molecule has 0 aliphatic carbocycles. The summed E-state index contributed by atoms with van der Waals surface area (Å²) in [6, 6.07) is 16.3. The van der Waals surface area contributed by atoms with Gasteiger partial charge in [0.05, 0.1) is 28.9 Å². The lowest BCUT2D eigenvalue weighted by atomic mass is 10.1. The monoisotopic (exact) mass is 312 g/mol. The second-order valence-electron chi connectivity index (χ2n) is 5.08. The van der Waals surface area contributed by atoms with E-state index in [1.165, 1.54) is 5.56 Å². The molecule has 1 aromatic heterocycles. The van der Waals surface area contributed by atoms with Gasteiger partial charge in [-0.05, 0) is 30.2 Å². The summed E-state index contributed by atoms with van der Waals surface area (Å²) in [4.78, 5) is 8.69. The summed E-state index contributed by atoms with van der Waals surface area (Å²) < 4.78 is 2.15. The molecule has 3 rings (SSSR count). The zero-order valence-electron chi connectivity index (χ0n) is 12.1. The van der Waals surface area contributed by atoms with E-state index in [-0.39, 0.29) is 5.88 Å². The molecule has 0 radical (unpaired) electrons. The Morgan fingerprint density at radius 1 is 1.18 bits per heavy atom. The van der Waals surface area contributed by atoms with Gasteiger partial charge in [-0.2, -0.15) is 0 Å². The average molecular weight is 313 g/mol. The number of nitrogens with zero attached hydrogens (tertiary/aromatic N) is 3. The van der Waals surface area contributed by atoms with Gasteiger partial charge in [0, 0.05) is 6.54 Å². The number of amidine groups is 1. The Morgan fingerprint density at radius 2 is 2.00 bits per heavy atom. The van der Waals surface area contributed by atoms with Crippen LogP contribution in [-0.2, 0) is 13.0 Å². The van der Waals surface area contributed by atoms with Gasteiger partial charge in [0.1, 0.15) is 5.84 Å². The van der Waals surface area contributed by atoms with Crippen LogP contribution in [0.5, 0.6) is 0 Å². The standard InChI is InChI=1S/C17H17ClN4/c18-11-17(19)21-14-6-7-16-15(10-14)20-12-22(16)9-8-13-4-2-1-3-5-13/h1-7,10,12H,8-9,11H2,(H2,19,21). The molecule has 112 valence electrons. The number of aliphatic imine (C=N–C) groups is 1. The quantitative estimate of drug-likeness (QED) is 0.445. The Morgan fingerprint density at radius 3 is 2.77 bits per heavy atom. The molecule has 0 amide bonds. The SMILES string of the molecule is NC(CCl)=Nc1ccc2c(c1)ncn2CCc1ccccc1. The van der Waals surface area contributed by atoms with Crippen LogP contribution < -0.4 is 5.73 Å². The van der Waals surface area contributed by atoms with Crippen LogP contribution in [0.1, 0.15) is 5.56 Å². The number of alkyl halides is 1. The summed E-state index contributed by atoms with van der Waals surface area (Å²) in [5.74, 6) is 0.633. The van der Waals surface area contributed by atoms with Crippen LogP contribution in [0.2, 0.25) is 0 Å². The lowest BCUT2D eigenvalue weighted by Gasteiger charge is -2.05. The number of halogens is 1. The number of aromatic nitrogens is 2. The van der Waals surface area contributed by atoms with Crippen molar-refractivity contribution in [3.05, 3.63) is 60.4 Å². The van der Waals surface area contributed by atoms with E-state index >= 15 is 0 Å². The number of hydrogen-bond donors (Lipinski definition) is 1. The first-order chi connectivity index (χ1) is 10.8.